The fraction of sp³-hybridized carbons (Fsp3) is 0.0769. The third kappa shape index (κ3) is 2.77. The highest BCUT2D eigenvalue weighted by molar-refractivity contribution is 6.29. The minimum atomic E-state index is 0.264. The van der Waals surface area contributed by atoms with Crippen molar-refractivity contribution in [3.63, 3.8) is 0 Å². The smallest absolute Gasteiger partial charge is 0.231 e. The molecule has 1 aromatic carbocycles. The molecule has 1 aliphatic heterocycles. The summed E-state index contributed by atoms with van der Waals surface area (Å²) in [5, 5.41) is 4.51. The molecule has 0 radical (unpaired) electrons. The molecular formula is C13H10ClN3O2. The molecule has 1 aromatic heterocycles. The first-order valence-corrected chi connectivity index (χ1v) is 6.00. The number of aromatic nitrogens is 1. The van der Waals surface area contributed by atoms with Gasteiger partial charge in [-0.1, -0.05) is 17.7 Å². The van der Waals surface area contributed by atoms with Gasteiger partial charge in [-0.2, -0.15) is 5.10 Å². The number of ether oxygens (including phenoxy) is 2. The first-order valence-electron chi connectivity index (χ1n) is 5.62. The van der Waals surface area contributed by atoms with Crippen molar-refractivity contribution in [1.82, 2.24) is 4.98 Å². The van der Waals surface area contributed by atoms with Crippen LogP contribution in [-0.2, 0) is 0 Å². The summed E-state index contributed by atoms with van der Waals surface area (Å²) in [5.41, 5.74) is 3.71. The maximum atomic E-state index is 5.77. The van der Waals surface area contributed by atoms with E-state index in [0.717, 1.165) is 17.1 Å². The zero-order chi connectivity index (χ0) is 13.1. The van der Waals surface area contributed by atoms with Gasteiger partial charge >= 0.3 is 0 Å². The van der Waals surface area contributed by atoms with E-state index in [4.69, 9.17) is 21.1 Å². The first-order chi connectivity index (χ1) is 9.31. The highest BCUT2D eigenvalue weighted by Crippen LogP contribution is 2.31. The molecule has 0 amide bonds. The van der Waals surface area contributed by atoms with E-state index < -0.39 is 0 Å². The molecule has 0 saturated heterocycles. The molecule has 0 aliphatic carbocycles. The van der Waals surface area contributed by atoms with Gasteiger partial charge in [0.05, 0.1) is 6.21 Å². The number of nitrogens with zero attached hydrogens (tertiary/aromatic N) is 2. The minimum Gasteiger partial charge on any atom is -0.454 e. The summed E-state index contributed by atoms with van der Waals surface area (Å²) in [4.78, 5) is 4.06. The second kappa shape index (κ2) is 5.16. The van der Waals surface area contributed by atoms with Gasteiger partial charge < -0.3 is 9.47 Å². The van der Waals surface area contributed by atoms with Crippen LogP contribution in [-0.4, -0.2) is 18.0 Å². The first kappa shape index (κ1) is 11.8. The summed E-state index contributed by atoms with van der Waals surface area (Å²) in [6, 6.07) is 10.9. The molecule has 96 valence electrons. The molecule has 0 unspecified atom stereocenters. The molecule has 1 N–H and O–H groups in total. The second-order valence-electron chi connectivity index (χ2n) is 3.83. The van der Waals surface area contributed by atoms with Crippen molar-refractivity contribution in [2.75, 3.05) is 12.2 Å². The molecule has 1 aliphatic rings. The number of anilines is 1. The number of nitrogens with one attached hydrogen (secondary N) is 1. The third-order valence-corrected chi connectivity index (χ3v) is 2.71. The van der Waals surface area contributed by atoms with Crippen molar-refractivity contribution in [1.29, 1.82) is 0 Å². The van der Waals surface area contributed by atoms with E-state index >= 15 is 0 Å². The van der Waals surface area contributed by atoms with E-state index in [1.165, 1.54) is 0 Å². The minimum absolute atomic E-state index is 0.264. The Balaban J connectivity index is 1.69. The van der Waals surface area contributed by atoms with Crippen LogP contribution in [0.3, 0.4) is 0 Å². The Labute approximate surface area is 114 Å². The fourth-order valence-electron chi connectivity index (χ4n) is 1.64. The van der Waals surface area contributed by atoms with Crippen LogP contribution in [0.2, 0.25) is 5.15 Å². The van der Waals surface area contributed by atoms with Crippen molar-refractivity contribution in [2.45, 2.75) is 0 Å². The van der Waals surface area contributed by atoms with E-state index in [1.54, 1.807) is 24.4 Å². The summed E-state index contributed by atoms with van der Waals surface area (Å²) in [5.74, 6) is 2.07. The Morgan fingerprint density at radius 3 is 3.00 bits per heavy atom. The largest absolute Gasteiger partial charge is 0.454 e. The van der Waals surface area contributed by atoms with Crippen LogP contribution in [0.25, 0.3) is 0 Å². The van der Waals surface area contributed by atoms with Gasteiger partial charge in [0.1, 0.15) is 11.0 Å². The average molecular weight is 276 g/mol. The van der Waals surface area contributed by atoms with Crippen LogP contribution >= 0.6 is 11.6 Å². The number of hydrogen-bond donors (Lipinski definition) is 1. The Kier molecular flexibility index (Phi) is 3.20. The highest BCUT2D eigenvalue weighted by Gasteiger charge is 2.12. The van der Waals surface area contributed by atoms with Gasteiger partial charge in [-0.25, -0.2) is 4.98 Å². The molecule has 5 nitrogen and oxygen atoms in total. The van der Waals surface area contributed by atoms with Crippen LogP contribution < -0.4 is 14.9 Å². The quantitative estimate of drug-likeness (QED) is 0.532. The SMILES string of the molecule is Clc1cccc(N/N=C/c2ccc3c(c2)OCO3)n1. The lowest BCUT2D eigenvalue weighted by Crippen LogP contribution is -1.93. The second-order valence-corrected chi connectivity index (χ2v) is 4.22. The van der Waals surface area contributed by atoms with Gasteiger partial charge in [-0.3, -0.25) is 5.43 Å². The lowest BCUT2D eigenvalue weighted by molar-refractivity contribution is 0.174. The van der Waals surface area contributed by atoms with Gasteiger partial charge in [-0.05, 0) is 35.9 Å². The number of pyridine rings is 1. The summed E-state index contributed by atoms with van der Waals surface area (Å²) in [6.07, 6.45) is 1.67. The Morgan fingerprint density at radius 1 is 1.21 bits per heavy atom. The number of benzene rings is 1. The number of fused-ring (bicyclic) bond motifs is 1. The van der Waals surface area contributed by atoms with Gasteiger partial charge in [-0.15, -0.1) is 0 Å². The summed E-state index contributed by atoms with van der Waals surface area (Å²) in [7, 11) is 0. The van der Waals surface area contributed by atoms with Crippen molar-refractivity contribution < 1.29 is 9.47 Å². The molecule has 19 heavy (non-hydrogen) atoms. The number of hydrazone groups is 1. The third-order valence-electron chi connectivity index (χ3n) is 2.50. The maximum Gasteiger partial charge on any atom is 0.231 e. The van der Waals surface area contributed by atoms with E-state index in [-0.39, 0.29) is 6.79 Å². The van der Waals surface area contributed by atoms with Crippen molar-refractivity contribution >= 4 is 23.6 Å². The van der Waals surface area contributed by atoms with Crippen molar-refractivity contribution in [3.05, 3.63) is 47.1 Å². The summed E-state index contributed by atoms with van der Waals surface area (Å²) >= 11 is 5.77. The van der Waals surface area contributed by atoms with E-state index in [2.05, 4.69) is 15.5 Å². The lowest BCUT2D eigenvalue weighted by atomic mass is 10.2. The Bertz CT molecular complexity index is 631. The molecule has 0 fully saturated rings. The predicted molar refractivity (Wildman–Crippen MR) is 73.0 cm³/mol. The van der Waals surface area contributed by atoms with Gasteiger partial charge in [0, 0.05) is 0 Å². The lowest BCUT2D eigenvalue weighted by Gasteiger charge is -2.00. The van der Waals surface area contributed by atoms with E-state index in [9.17, 15) is 0 Å². The fourth-order valence-corrected chi connectivity index (χ4v) is 1.80. The predicted octanol–water partition coefficient (Wildman–Crippen LogP) is 2.91. The molecule has 0 saturated carbocycles. The zero-order valence-corrected chi connectivity index (χ0v) is 10.6. The standard InChI is InChI=1S/C13H10ClN3O2/c14-12-2-1-3-13(16-12)17-15-7-9-4-5-10-11(6-9)19-8-18-10/h1-7H,8H2,(H,16,17)/b15-7+. The van der Waals surface area contributed by atoms with Crippen molar-refractivity contribution in [2.24, 2.45) is 5.10 Å². The number of rotatable bonds is 3. The Hall–Kier alpha value is -2.27. The van der Waals surface area contributed by atoms with Crippen LogP contribution in [0.4, 0.5) is 5.82 Å². The van der Waals surface area contributed by atoms with Gasteiger partial charge in [0.15, 0.2) is 11.5 Å². The molecule has 0 bridgehead atoms. The molecule has 0 atom stereocenters. The summed E-state index contributed by atoms with van der Waals surface area (Å²) in [6.45, 7) is 0.264. The number of halogens is 1. The molecular weight excluding hydrogens is 266 g/mol. The molecule has 6 heteroatoms. The molecule has 3 rings (SSSR count). The molecule has 2 heterocycles. The van der Waals surface area contributed by atoms with Crippen LogP contribution in [0.15, 0.2) is 41.5 Å². The van der Waals surface area contributed by atoms with Crippen molar-refractivity contribution in [3.8, 4) is 11.5 Å². The summed E-state index contributed by atoms with van der Waals surface area (Å²) < 4.78 is 10.5. The molecule has 2 aromatic rings. The maximum absolute atomic E-state index is 5.77. The van der Waals surface area contributed by atoms with Crippen LogP contribution in [0.1, 0.15) is 5.56 Å². The number of hydrogen-bond acceptors (Lipinski definition) is 5. The van der Waals surface area contributed by atoms with Gasteiger partial charge in [0.2, 0.25) is 6.79 Å². The highest BCUT2D eigenvalue weighted by atomic mass is 35.5. The van der Waals surface area contributed by atoms with Gasteiger partial charge in [0.25, 0.3) is 0 Å². The normalized spacial score (nSPS) is 12.9. The average Bonchev–Trinajstić information content (AvgIpc) is 2.86. The monoisotopic (exact) mass is 275 g/mol. The molecule has 0 spiro atoms. The Morgan fingerprint density at radius 2 is 2.11 bits per heavy atom. The van der Waals surface area contributed by atoms with E-state index in [1.807, 2.05) is 18.2 Å². The van der Waals surface area contributed by atoms with Crippen LogP contribution in [0.5, 0.6) is 11.5 Å². The topological polar surface area (TPSA) is 55.7 Å². The van der Waals surface area contributed by atoms with E-state index in [0.29, 0.717) is 11.0 Å². The van der Waals surface area contributed by atoms with Crippen LogP contribution in [0, 0.1) is 0 Å². The zero-order valence-electron chi connectivity index (χ0n) is 9.84.